The topological polar surface area (TPSA) is 38.8 Å². The smallest absolute Gasteiger partial charge is 0.309 e. The van der Waals surface area contributed by atoms with Gasteiger partial charge in [0.25, 0.3) is 0 Å². The number of carbonyl (C=O) groups excluding carboxylic acids is 1. The zero-order valence-electron chi connectivity index (χ0n) is 19.1. The van der Waals surface area contributed by atoms with E-state index >= 15 is 0 Å². The molecule has 4 rings (SSSR count). The van der Waals surface area contributed by atoms with Gasteiger partial charge in [-0.15, -0.1) is 0 Å². The van der Waals surface area contributed by atoms with Crippen LogP contribution in [0.3, 0.4) is 0 Å². The molecule has 2 aromatic rings. The van der Waals surface area contributed by atoms with Gasteiger partial charge in [-0.25, -0.2) is 0 Å². The van der Waals surface area contributed by atoms with Crippen LogP contribution < -0.4 is 4.74 Å². The molecule has 1 aliphatic carbocycles. The lowest BCUT2D eigenvalue weighted by molar-refractivity contribution is -0.149. The fourth-order valence-electron chi connectivity index (χ4n) is 5.07. The minimum Gasteiger partial charge on any atom is -0.490 e. The molecule has 1 heterocycles. The first-order chi connectivity index (χ1) is 15.1. The third-order valence-corrected chi connectivity index (χ3v) is 7.12. The monoisotopic (exact) mass is 423 g/mol. The minimum absolute atomic E-state index is 0.0158. The van der Waals surface area contributed by atoms with Crippen molar-refractivity contribution in [2.45, 2.75) is 64.9 Å². The Balaban J connectivity index is 1.30. The maximum Gasteiger partial charge on any atom is 0.309 e. The highest BCUT2D eigenvalue weighted by molar-refractivity contribution is 5.84. The Kier molecular flexibility index (Phi) is 7.49. The Bertz CT molecular complexity index is 872. The first kappa shape index (κ1) is 22.1. The van der Waals surface area contributed by atoms with Crippen molar-refractivity contribution in [3.8, 4) is 5.75 Å². The molecule has 4 nitrogen and oxygen atoms in total. The first-order valence-corrected chi connectivity index (χ1v) is 12.2. The molecule has 1 aliphatic heterocycles. The average molecular weight is 424 g/mol. The average Bonchev–Trinajstić information content (AvgIpc) is 2.79. The molecule has 1 saturated carbocycles. The molecule has 2 aliphatic rings. The summed E-state index contributed by atoms with van der Waals surface area (Å²) in [6.07, 6.45) is 8.31. The maximum atomic E-state index is 11.9. The van der Waals surface area contributed by atoms with Crippen LogP contribution in [0.4, 0.5) is 0 Å². The second-order valence-electron chi connectivity index (χ2n) is 9.38. The minimum atomic E-state index is -0.0158. The number of carbonyl (C=O) groups is 1. The van der Waals surface area contributed by atoms with Gasteiger partial charge in [-0.1, -0.05) is 37.6 Å². The van der Waals surface area contributed by atoms with Crippen LogP contribution in [0.1, 0.15) is 57.9 Å². The van der Waals surface area contributed by atoms with Crippen molar-refractivity contribution in [3.63, 3.8) is 0 Å². The molecule has 2 aromatic carbocycles. The van der Waals surface area contributed by atoms with Gasteiger partial charge < -0.3 is 14.4 Å². The lowest BCUT2D eigenvalue weighted by Gasteiger charge is -2.30. The number of nitrogens with zero attached hydrogens (tertiary/aromatic N) is 1. The molecule has 31 heavy (non-hydrogen) atoms. The first-order valence-electron chi connectivity index (χ1n) is 12.2. The fourth-order valence-corrected chi connectivity index (χ4v) is 5.07. The summed E-state index contributed by atoms with van der Waals surface area (Å²) in [6.45, 7) is 7.68. The second kappa shape index (κ2) is 10.5. The van der Waals surface area contributed by atoms with E-state index in [0.29, 0.717) is 18.6 Å². The van der Waals surface area contributed by atoms with E-state index in [2.05, 4.69) is 48.2 Å². The Morgan fingerprint density at radius 2 is 1.74 bits per heavy atom. The zero-order valence-corrected chi connectivity index (χ0v) is 19.1. The Morgan fingerprint density at radius 1 is 1.00 bits per heavy atom. The summed E-state index contributed by atoms with van der Waals surface area (Å²) in [5.74, 6) is 1.72. The van der Waals surface area contributed by atoms with Gasteiger partial charge in [-0.2, -0.15) is 0 Å². The van der Waals surface area contributed by atoms with Gasteiger partial charge in [-0.3, -0.25) is 4.79 Å². The summed E-state index contributed by atoms with van der Waals surface area (Å²) in [5, 5.41) is 2.53. The predicted molar refractivity (Wildman–Crippen MR) is 125 cm³/mol. The fraction of sp³-hybridized carbons (Fsp3) is 0.593. The standard InChI is InChI=1S/C27H37NO3/c1-3-30-27(29)22-13-16-28(17-14-22)15-12-21-8-9-24-19-25(11-10-23(24)18-21)31-26-7-5-4-6-20(26)2/h8-11,18-20,22,26H,3-7,12-17H2,1-2H3. The Labute approximate surface area is 186 Å². The van der Waals surface area contributed by atoms with E-state index in [1.165, 1.54) is 42.0 Å². The van der Waals surface area contributed by atoms with Crippen molar-refractivity contribution in [2.75, 3.05) is 26.2 Å². The number of ether oxygens (including phenoxy) is 2. The molecule has 0 N–H and O–H groups in total. The van der Waals surface area contributed by atoms with Crippen LogP contribution in [0, 0.1) is 11.8 Å². The number of hydrogen-bond donors (Lipinski definition) is 0. The van der Waals surface area contributed by atoms with Gasteiger partial charge >= 0.3 is 5.97 Å². The molecule has 1 saturated heterocycles. The molecule has 0 aromatic heterocycles. The molecular formula is C27H37NO3. The van der Waals surface area contributed by atoms with Crippen molar-refractivity contribution >= 4 is 16.7 Å². The largest absolute Gasteiger partial charge is 0.490 e. The number of benzene rings is 2. The van der Waals surface area contributed by atoms with Crippen LogP contribution >= 0.6 is 0 Å². The number of likely N-dealkylation sites (tertiary alicyclic amines) is 1. The third-order valence-electron chi connectivity index (χ3n) is 7.12. The number of piperidine rings is 1. The third kappa shape index (κ3) is 5.79. The van der Waals surface area contributed by atoms with Gasteiger partial charge in [0.05, 0.1) is 12.5 Å². The van der Waals surface area contributed by atoms with Gasteiger partial charge in [0.1, 0.15) is 11.9 Å². The van der Waals surface area contributed by atoms with Crippen molar-refractivity contribution in [1.82, 2.24) is 4.90 Å². The molecule has 0 amide bonds. The van der Waals surface area contributed by atoms with Gasteiger partial charge in [-0.05, 0) is 92.9 Å². The Hall–Kier alpha value is -2.07. The van der Waals surface area contributed by atoms with Crippen LogP contribution in [0.25, 0.3) is 10.8 Å². The zero-order chi connectivity index (χ0) is 21.6. The summed E-state index contributed by atoms with van der Waals surface area (Å²) in [6, 6.07) is 13.3. The van der Waals surface area contributed by atoms with E-state index in [4.69, 9.17) is 9.47 Å². The highest BCUT2D eigenvalue weighted by Crippen LogP contribution is 2.30. The number of fused-ring (bicyclic) bond motifs is 1. The quantitative estimate of drug-likeness (QED) is 0.542. The van der Waals surface area contributed by atoms with Crippen LogP contribution in [0.5, 0.6) is 5.75 Å². The molecule has 0 radical (unpaired) electrons. The molecule has 4 heteroatoms. The van der Waals surface area contributed by atoms with Gasteiger partial charge in [0.15, 0.2) is 0 Å². The van der Waals surface area contributed by atoms with Gasteiger partial charge in [0.2, 0.25) is 0 Å². The summed E-state index contributed by atoms with van der Waals surface area (Å²) in [5.41, 5.74) is 1.37. The van der Waals surface area contributed by atoms with Crippen LogP contribution in [-0.4, -0.2) is 43.2 Å². The number of rotatable bonds is 7. The van der Waals surface area contributed by atoms with Crippen LogP contribution in [-0.2, 0) is 16.0 Å². The van der Waals surface area contributed by atoms with Crippen molar-refractivity contribution < 1.29 is 14.3 Å². The van der Waals surface area contributed by atoms with E-state index in [1.54, 1.807) is 0 Å². The van der Waals surface area contributed by atoms with Crippen molar-refractivity contribution in [3.05, 3.63) is 42.0 Å². The highest BCUT2D eigenvalue weighted by Gasteiger charge is 2.26. The van der Waals surface area contributed by atoms with Crippen molar-refractivity contribution in [2.24, 2.45) is 11.8 Å². The number of esters is 1. The molecular weight excluding hydrogens is 386 g/mol. The summed E-state index contributed by atoms with van der Waals surface area (Å²) < 4.78 is 11.5. The molecule has 168 valence electrons. The summed E-state index contributed by atoms with van der Waals surface area (Å²) in [7, 11) is 0. The molecule has 2 unspecified atom stereocenters. The molecule has 2 fully saturated rings. The SMILES string of the molecule is CCOC(=O)C1CCN(CCc2ccc3cc(OC4CCCCC4C)ccc3c2)CC1. The van der Waals surface area contributed by atoms with Gasteiger partial charge in [0, 0.05) is 6.54 Å². The van der Waals surface area contributed by atoms with Crippen molar-refractivity contribution in [1.29, 1.82) is 0 Å². The van der Waals surface area contributed by atoms with E-state index in [0.717, 1.165) is 44.6 Å². The maximum absolute atomic E-state index is 11.9. The lowest BCUT2D eigenvalue weighted by atomic mass is 9.88. The second-order valence-corrected chi connectivity index (χ2v) is 9.38. The predicted octanol–water partition coefficient (Wildman–Crippen LogP) is 5.61. The van der Waals surface area contributed by atoms with E-state index < -0.39 is 0 Å². The summed E-state index contributed by atoms with van der Waals surface area (Å²) >= 11 is 0. The van der Waals surface area contributed by atoms with E-state index in [-0.39, 0.29) is 11.9 Å². The molecule has 0 spiro atoms. The van der Waals surface area contributed by atoms with E-state index in [9.17, 15) is 4.79 Å². The highest BCUT2D eigenvalue weighted by atomic mass is 16.5. The van der Waals surface area contributed by atoms with Crippen LogP contribution in [0.2, 0.25) is 0 Å². The lowest BCUT2D eigenvalue weighted by Crippen LogP contribution is -2.38. The number of hydrogen-bond acceptors (Lipinski definition) is 4. The van der Waals surface area contributed by atoms with E-state index in [1.807, 2.05) is 6.92 Å². The summed E-state index contributed by atoms with van der Waals surface area (Å²) in [4.78, 5) is 14.4. The normalized spacial score (nSPS) is 23.0. The molecule has 2 atom stereocenters. The Morgan fingerprint density at radius 3 is 2.52 bits per heavy atom. The molecule has 0 bridgehead atoms. The van der Waals surface area contributed by atoms with Crippen LogP contribution in [0.15, 0.2) is 36.4 Å².